The Hall–Kier alpha value is -4.61. The predicted molar refractivity (Wildman–Crippen MR) is 143 cm³/mol. The third-order valence-corrected chi connectivity index (χ3v) is 6.79. The number of H-pyrrole nitrogens is 1. The normalized spacial score (nSPS) is 11.5. The van der Waals surface area contributed by atoms with E-state index in [1.807, 2.05) is 68.5 Å². The maximum absolute atomic E-state index is 10.9. The zero-order valence-electron chi connectivity index (χ0n) is 19.6. The number of nitro benzene ring substituents is 1. The Morgan fingerprint density at radius 2 is 1.72 bits per heavy atom. The number of nitrogens with one attached hydrogen (secondary N) is 1. The smallest absolute Gasteiger partial charge is 0.269 e. The molecule has 1 N–H and O–H groups in total. The molecule has 0 radical (unpaired) electrons. The molecular formula is C28H21N5O2S. The molecule has 0 saturated heterocycles. The molecule has 0 aliphatic rings. The monoisotopic (exact) mass is 491 g/mol. The van der Waals surface area contributed by atoms with E-state index in [-0.39, 0.29) is 5.69 Å². The van der Waals surface area contributed by atoms with E-state index in [1.165, 1.54) is 23.9 Å². The standard InChI is InChI=1S/C28H21N5O2S/c1-18-15-22(16-25(17-29)36-28-30-26-5-3-4-6-27(26)31-28)19(2)32(18)23-11-7-20(8-12-23)21-9-13-24(14-10-21)33(34)35/h3-16H,1-2H3,(H,30,31)/b25-16+. The van der Waals surface area contributed by atoms with Gasteiger partial charge >= 0.3 is 0 Å². The molecule has 0 amide bonds. The first-order valence-corrected chi connectivity index (χ1v) is 12.0. The molecule has 5 aromatic rings. The number of benzene rings is 3. The van der Waals surface area contributed by atoms with E-state index in [1.54, 1.807) is 12.1 Å². The van der Waals surface area contributed by atoms with Gasteiger partial charge in [0, 0.05) is 29.2 Å². The SMILES string of the molecule is Cc1cc(/C=C(\C#N)Sc2nc3ccccc3[nH]2)c(C)n1-c1ccc(-c2ccc([N+](=O)[O-])cc2)cc1. The van der Waals surface area contributed by atoms with Crippen molar-refractivity contribution in [2.75, 3.05) is 0 Å². The third-order valence-electron chi connectivity index (χ3n) is 5.98. The third kappa shape index (κ3) is 4.52. The van der Waals surface area contributed by atoms with Gasteiger partial charge in [0.25, 0.3) is 5.69 Å². The number of nitrogens with zero attached hydrogens (tertiary/aromatic N) is 4. The summed E-state index contributed by atoms with van der Waals surface area (Å²) in [6, 6.07) is 26.7. The minimum Gasteiger partial charge on any atom is -0.333 e. The zero-order chi connectivity index (χ0) is 25.2. The molecule has 0 aliphatic heterocycles. The van der Waals surface area contributed by atoms with Gasteiger partial charge in [0.2, 0.25) is 0 Å². The summed E-state index contributed by atoms with van der Waals surface area (Å²) in [6.07, 6.45) is 1.89. The minimum atomic E-state index is -0.399. The van der Waals surface area contributed by atoms with Crippen molar-refractivity contribution in [1.29, 1.82) is 5.26 Å². The van der Waals surface area contributed by atoms with Crippen molar-refractivity contribution in [1.82, 2.24) is 14.5 Å². The highest BCUT2D eigenvalue weighted by molar-refractivity contribution is 8.03. The molecule has 36 heavy (non-hydrogen) atoms. The average Bonchev–Trinajstić information content (AvgIpc) is 3.42. The van der Waals surface area contributed by atoms with Crippen molar-refractivity contribution < 1.29 is 4.92 Å². The van der Waals surface area contributed by atoms with Crippen molar-refractivity contribution in [3.63, 3.8) is 0 Å². The summed E-state index contributed by atoms with van der Waals surface area (Å²) in [6.45, 7) is 4.07. The first kappa shape index (κ1) is 23.1. The summed E-state index contributed by atoms with van der Waals surface area (Å²) in [5.41, 5.74) is 7.81. The maximum Gasteiger partial charge on any atom is 0.269 e. The first-order chi connectivity index (χ1) is 17.4. The van der Waals surface area contributed by atoms with Gasteiger partial charge in [-0.15, -0.1) is 0 Å². The Morgan fingerprint density at radius 1 is 1.06 bits per heavy atom. The first-order valence-electron chi connectivity index (χ1n) is 11.2. The molecule has 0 spiro atoms. The summed E-state index contributed by atoms with van der Waals surface area (Å²) >= 11 is 1.31. The lowest BCUT2D eigenvalue weighted by molar-refractivity contribution is -0.384. The number of allylic oxidation sites excluding steroid dienone is 1. The number of para-hydroxylation sites is 2. The van der Waals surface area contributed by atoms with Gasteiger partial charge in [-0.05, 0) is 90.8 Å². The summed E-state index contributed by atoms with van der Waals surface area (Å²) in [5, 5.41) is 21.4. The van der Waals surface area contributed by atoms with Crippen LogP contribution < -0.4 is 0 Å². The topological polar surface area (TPSA) is 101 Å². The lowest BCUT2D eigenvalue weighted by atomic mass is 10.0. The molecule has 5 rings (SSSR count). The second-order valence-electron chi connectivity index (χ2n) is 8.29. The van der Waals surface area contributed by atoms with Gasteiger partial charge < -0.3 is 9.55 Å². The van der Waals surface area contributed by atoms with Crippen molar-refractivity contribution in [3.8, 4) is 22.9 Å². The van der Waals surface area contributed by atoms with E-state index in [0.29, 0.717) is 10.1 Å². The van der Waals surface area contributed by atoms with Gasteiger partial charge in [-0.3, -0.25) is 10.1 Å². The number of non-ortho nitro benzene ring substituents is 1. The van der Waals surface area contributed by atoms with Crippen LogP contribution in [0.25, 0.3) is 33.9 Å². The van der Waals surface area contributed by atoms with Gasteiger partial charge in [0.1, 0.15) is 6.07 Å². The Kier molecular flexibility index (Phi) is 6.15. The quantitative estimate of drug-likeness (QED) is 0.117. The van der Waals surface area contributed by atoms with Crippen molar-refractivity contribution in [2.45, 2.75) is 19.0 Å². The van der Waals surface area contributed by atoms with Crippen LogP contribution in [0.15, 0.2) is 88.9 Å². The van der Waals surface area contributed by atoms with E-state index in [9.17, 15) is 15.4 Å². The summed E-state index contributed by atoms with van der Waals surface area (Å²) in [4.78, 5) is 18.9. The van der Waals surface area contributed by atoms with Gasteiger partial charge in [0.05, 0.1) is 20.9 Å². The van der Waals surface area contributed by atoms with Crippen LogP contribution in [0.1, 0.15) is 17.0 Å². The van der Waals surface area contributed by atoms with Crippen LogP contribution in [0.3, 0.4) is 0 Å². The number of imidazole rings is 1. The number of nitro groups is 1. The molecule has 2 heterocycles. The second-order valence-corrected chi connectivity index (χ2v) is 9.32. The Bertz CT molecular complexity index is 1620. The van der Waals surface area contributed by atoms with E-state index in [2.05, 4.69) is 26.7 Å². The lowest BCUT2D eigenvalue weighted by Gasteiger charge is -2.11. The van der Waals surface area contributed by atoms with Crippen molar-refractivity contribution in [3.05, 3.63) is 111 Å². The minimum absolute atomic E-state index is 0.0739. The number of fused-ring (bicyclic) bond motifs is 1. The highest BCUT2D eigenvalue weighted by atomic mass is 32.2. The van der Waals surface area contributed by atoms with E-state index >= 15 is 0 Å². The van der Waals surface area contributed by atoms with Crippen LogP contribution in [0.4, 0.5) is 5.69 Å². The number of thioether (sulfide) groups is 1. The van der Waals surface area contributed by atoms with Crippen molar-refractivity contribution >= 4 is 34.6 Å². The van der Waals surface area contributed by atoms with Crippen LogP contribution in [-0.4, -0.2) is 19.5 Å². The fourth-order valence-electron chi connectivity index (χ4n) is 4.22. The Balaban J connectivity index is 1.41. The van der Waals surface area contributed by atoms with Gasteiger partial charge in [-0.2, -0.15) is 5.26 Å². The average molecular weight is 492 g/mol. The van der Waals surface area contributed by atoms with Gasteiger partial charge in [-0.1, -0.05) is 24.3 Å². The van der Waals surface area contributed by atoms with Crippen molar-refractivity contribution in [2.24, 2.45) is 0 Å². The molecule has 3 aromatic carbocycles. The van der Waals surface area contributed by atoms with Crippen LogP contribution in [-0.2, 0) is 0 Å². The molecular weight excluding hydrogens is 470 g/mol. The molecule has 0 fully saturated rings. The summed E-state index contributed by atoms with van der Waals surface area (Å²) < 4.78 is 2.15. The van der Waals surface area contributed by atoms with Crippen LogP contribution in [0.5, 0.6) is 0 Å². The largest absolute Gasteiger partial charge is 0.333 e. The number of rotatable bonds is 6. The molecule has 2 aromatic heterocycles. The van der Waals surface area contributed by atoms with Gasteiger partial charge in [0.15, 0.2) is 5.16 Å². The number of aromatic nitrogens is 3. The lowest BCUT2D eigenvalue weighted by Crippen LogP contribution is -1.99. The Labute approximate surface area is 211 Å². The van der Waals surface area contributed by atoms with Crippen LogP contribution in [0, 0.1) is 35.3 Å². The van der Waals surface area contributed by atoms with E-state index < -0.39 is 4.92 Å². The number of aromatic amines is 1. The molecule has 176 valence electrons. The molecule has 0 aliphatic carbocycles. The maximum atomic E-state index is 10.9. The number of hydrogen-bond donors (Lipinski definition) is 1. The zero-order valence-corrected chi connectivity index (χ0v) is 20.4. The fraction of sp³-hybridized carbons (Fsp3) is 0.0714. The summed E-state index contributed by atoms with van der Waals surface area (Å²) in [5.74, 6) is 0. The number of nitriles is 1. The molecule has 0 unspecified atom stereocenters. The Morgan fingerprint density at radius 3 is 2.36 bits per heavy atom. The summed E-state index contributed by atoms with van der Waals surface area (Å²) in [7, 11) is 0. The molecule has 7 nitrogen and oxygen atoms in total. The molecule has 0 bridgehead atoms. The predicted octanol–water partition coefficient (Wildman–Crippen LogP) is 7.20. The van der Waals surface area contributed by atoms with E-state index in [4.69, 9.17) is 0 Å². The highest BCUT2D eigenvalue weighted by Gasteiger charge is 2.13. The number of aryl methyl sites for hydroxylation is 1. The van der Waals surface area contributed by atoms with Crippen LogP contribution >= 0.6 is 11.8 Å². The number of hydrogen-bond acceptors (Lipinski definition) is 5. The molecule has 0 atom stereocenters. The van der Waals surface area contributed by atoms with Crippen LogP contribution in [0.2, 0.25) is 0 Å². The second kappa shape index (κ2) is 9.56. The molecule has 8 heteroatoms. The fourth-order valence-corrected chi connectivity index (χ4v) is 4.96. The molecule has 0 saturated carbocycles. The van der Waals surface area contributed by atoms with E-state index in [0.717, 1.165) is 44.8 Å². The van der Waals surface area contributed by atoms with Gasteiger partial charge in [-0.25, -0.2) is 4.98 Å². The highest BCUT2D eigenvalue weighted by Crippen LogP contribution is 2.31.